The van der Waals surface area contributed by atoms with E-state index in [-0.39, 0.29) is 18.2 Å². The minimum absolute atomic E-state index is 0.111. The van der Waals surface area contributed by atoms with E-state index in [1.165, 1.54) is 22.9 Å². The van der Waals surface area contributed by atoms with Crippen molar-refractivity contribution in [3.63, 3.8) is 0 Å². The smallest absolute Gasteiger partial charge is 0.267 e. The second-order valence-corrected chi connectivity index (χ2v) is 8.24. The fourth-order valence-electron chi connectivity index (χ4n) is 2.73. The number of hydrogen-bond donors (Lipinski definition) is 1. The number of para-hydroxylation sites is 1. The Morgan fingerprint density at radius 2 is 1.90 bits per heavy atom. The molecule has 1 fully saturated rings. The van der Waals surface area contributed by atoms with E-state index in [1.807, 2.05) is 30.3 Å². The monoisotopic (exact) mass is 481 g/mol. The number of nitrogens with zero attached hydrogens (tertiary/aromatic N) is 3. The van der Waals surface area contributed by atoms with Crippen LogP contribution in [0, 0.1) is 0 Å². The summed E-state index contributed by atoms with van der Waals surface area (Å²) in [7, 11) is 0. The van der Waals surface area contributed by atoms with Crippen LogP contribution >= 0.6 is 27.7 Å². The van der Waals surface area contributed by atoms with Crippen LogP contribution in [0.15, 0.2) is 90.9 Å². The summed E-state index contributed by atoms with van der Waals surface area (Å²) in [6.07, 6.45) is 4.84. The number of hydrogen-bond acceptors (Lipinski definition) is 6. The van der Waals surface area contributed by atoms with E-state index >= 15 is 0 Å². The Bertz CT molecular complexity index is 1140. The van der Waals surface area contributed by atoms with Crippen molar-refractivity contribution < 1.29 is 14.3 Å². The third kappa shape index (κ3) is 4.72. The van der Waals surface area contributed by atoms with Crippen molar-refractivity contribution in [2.24, 2.45) is 10.2 Å². The van der Waals surface area contributed by atoms with Crippen molar-refractivity contribution in [3.8, 4) is 5.75 Å². The fourth-order valence-corrected chi connectivity index (χ4v) is 3.93. The zero-order valence-corrected chi connectivity index (χ0v) is 18.0. The molecule has 0 aliphatic carbocycles. The Kier molecular flexibility index (Phi) is 6.15. The van der Waals surface area contributed by atoms with Crippen LogP contribution in [0.5, 0.6) is 5.75 Å². The van der Waals surface area contributed by atoms with Crippen LogP contribution in [-0.2, 0) is 11.3 Å². The van der Waals surface area contributed by atoms with Gasteiger partial charge in [0.15, 0.2) is 5.17 Å². The number of furan rings is 1. The Morgan fingerprint density at radius 1 is 1.10 bits per heavy atom. The molecule has 0 radical (unpaired) electrons. The number of carbonyl (C=O) groups excluding carboxylic acids is 1. The number of phenolic OH excluding ortho intramolecular Hbond substituents is 1. The van der Waals surface area contributed by atoms with Gasteiger partial charge in [-0.2, -0.15) is 5.10 Å². The molecule has 1 aromatic heterocycles. The largest absolute Gasteiger partial charge is 0.507 e. The Balaban J connectivity index is 1.62. The zero-order valence-electron chi connectivity index (χ0n) is 15.6. The quantitative estimate of drug-likeness (QED) is 0.306. The van der Waals surface area contributed by atoms with E-state index in [0.717, 1.165) is 10.0 Å². The molecule has 0 saturated carbocycles. The molecule has 1 aliphatic rings. The summed E-state index contributed by atoms with van der Waals surface area (Å²) in [5.74, 6) is 0.585. The first-order valence-electron chi connectivity index (χ1n) is 8.98. The molecular formula is C22H16BrN3O3S. The Morgan fingerprint density at radius 3 is 2.63 bits per heavy atom. The molecule has 0 bridgehead atoms. The highest BCUT2D eigenvalue weighted by molar-refractivity contribution is 9.10. The summed E-state index contributed by atoms with van der Waals surface area (Å²) in [5.41, 5.74) is 1.45. The number of rotatable bonds is 5. The van der Waals surface area contributed by atoms with Crippen LogP contribution in [0.3, 0.4) is 0 Å². The van der Waals surface area contributed by atoms with Crippen molar-refractivity contribution in [3.05, 3.63) is 93.2 Å². The number of amidine groups is 1. The molecule has 1 N–H and O–H groups in total. The van der Waals surface area contributed by atoms with Crippen LogP contribution in [0.1, 0.15) is 16.9 Å². The van der Waals surface area contributed by atoms with Gasteiger partial charge in [0.1, 0.15) is 11.5 Å². The van der Waals surface area contributed by atoms with Crippen molar-refractivity contribution in [1.29, 1.82) is 0 Å². The highest BCUT2D eigenvalue weighted by atomic mass is 79.9. The highest BCUT2D eigenvalue weighted by Gasteiger charge is 2.34. The van der Waals surface area contributed by atoms with E-state index in [1.54, 1.807) is 42.7 Å². The van der Waals surface area contributed by atoms with Gasteiger partial charge in [-0.25, -0.2) is 0 Å². The molecule has 2 aromatic carbocycles. The number of halogens is 1. The van der Waals surface area contributed by atoms with Gasteiger partial charge in [-0.15, -0.1) is 5.10 Å². The van der Waals surface area contributed by atoms with E-state index in [9.17, 15) is 9.90 Å². The van der Waals surface area contributed by atoms with Gasteiger partial charge in [0.05, 0.1) is 23.9 Å². The number of benzene rings is 2. The minimum Gasteiger partial charge on any atom is -0.507 e. The lowest BCUT2D eigenvalue weighted by Crippen LogP contribution is -2.28. The fraction of sp³-hybridized carbons (Fsp3) is 0.0455. The molecule has 8 heteroatoms. The first-order valence-corrected chi connectivity index (χ1v) is 10.6. The molecule has 6 nitrogen and oxygen atoms in total. The molecule has 1 aliphatic heterocycles. The molecule has 150 valence electrons. The minimum atomic E-state index is -0.171. The maximum absolute atomic E-state index is 13.0. The van der Waals surface area contributed by atoms with E-state index in [0.29, 0.717) is 21.4 Å². The van der Waals surface area contributed by atoms with Gasteiger partial charge < -0.3 is 9.52 Å². The average Bonchev–Trinajstić information content (AvgIpc) is 3.35. The summed E-state index contributed by atoms with van der Waals surface area (Å²) in [4.78, 5) is 15.1. The summed E-state index contributed by atoms with van der Waals surface area (Å²) < 4.78 is 6.36. The van der Waals surface area contributed by atoms with Crippen molar-refractivity contribution in [1.82, 2.24) is 4.90 Å². The molecular weight excluding hydrogens is 466 g/mol. The van der Waals surface area contributed by atoms with Crippen LogP contribution in [0.2, 0.25) is 0 Å². The summed E-state index contributed by atoms with van der Waals surface area (Å²) >= 11 is 4.66. The normalized spacial score (nSPS) is 17.0. The van der Waals surface area contributed by atoms with E-state index < -0.39 is 0 Å². The molecule has 30 heavy (non-hydrogen) atoms. The van der Waals surface area contributed by atoms with Crippen molar-refractivity contribution >= 4 is 51.1 Å². The van der Waals surface area contributed by atoms with Gasteiger partial charge >= 0.3 is 0 Å². The SMILES string of the molecule is O=C1/C(=C/c2ccc(Br)cc2)S/C(=N/N=C\c2ccccc2O)N1Cc1ccco1. The van der Waals surface area contributed by atoms with Gasteiger partial charge in [-0.1, -0.05) is 40.2 Å². The number of thioether (sulfide) groups is 1. The number of phenols is 1. The van der Waals surface area contributed by atoms with Crippen molar-refractivity contribution in [2.45, 2.75) is 6.54 Å². The molecule has 1 amide bonds. The molecule has 0 atom stereocenters. The Hall–Kier alpha value is -3.10. The lowest BCUT2D eigenvalue weighted by atomic mass is 10.2. The van der Waals surface area contributed by atoms with Crippen LogP contribution in [0.25, 0.3) is 6.08 Å². The maximum Gasteiger partial charge on any atom is 0.267 e. The second-order valence-electron chi connectivity index (χ2n) is 6.32. The van der Waals surface area contributed by atoms with Crippen LogP contribution in [0.4, 0.5) is 0 Å². The molecule has 2 heterocycles. The molecule has 3 aromatic rings. The standard InChI is InChI=1S/C22H16BrN3O3S/c23-17-9-7-15(8-10-17)12-20-21(28)26(14-18-5-3-11-29-18)22(30-20)25-24-13-16-4-1-2-6-19(16)27/h1-13,27H,14H2/b20-12-,24-13-,25-22+. The topological polar surface area (TPSA) is 78.4 Å². The average molecular weight is 482 g/mol. The van der Waals surface area contributed by atoms with Crippen molar-refractivity contribution in [2.75, 3.05) is 0 Å². The summed E-state index contributed by atoms with van der Waals surface area (Å²) in [5, 5.41) is 18.6. The summed E-state index contributed by atoms with van der Waals surface area (Å²) in [6.45, 7) is 0.251. The molecule has 0 unspecified atom stereocenters. The number of aromatic hydroxyl groups is 1. The second kappa shape index (κ2) is 9.15. The molecule has 0 spiro atoms. The van der Waals surface area contributed by atoms with Gasteiger partial charge in [-0.3, -0.25) is 9.69 Å². The lowest BCUT2D eigenvalue weighted by molar-refractivity contribution is -0.122. The van der Waals surface area contributed by atoms with E-state index in [4.69, 9.17) is 4.42 Å². The summed E-state index contributed by atoms with van der Waals surface area (Å²) in [6, 6.07) is 18.1. The van der Waals surface area contributed by atoms with Gasteiger partial charge in [0, 0.05) is 10.0 Å². The number of carbonyl (C=O) groups is 1. The predicted octanol–water partition coefficient (Wildman–Crippen LogP) is 5.25. The third-order valence-corrected chi connectivity index (χ3v) is 5.75. The zero-order chi connectivity index (χ0) is 20.9. The Labute approximate surface area is 185 Å². The van der Waals surface area contributed by atoms with Crippen LogP contribution < -0.4 is 0 Å². The first kappa shape index (κ1) is 20.2. The lowest BCUT2D eigenvalue weighted by Gasteiger charge is -2.12. The predicted molar refractivity (Wildman–Crippen MR) is 122 cm³/mol. The van der Waals surface area contributed by atoms with Gasteiger partial charge in [0.25, 0.3) is 5.91 Å². The maximum atomic E-state index is 13.0. The molecule has 4 rings (SSSR count). The van der Waals surface area contributed by atoms with E-state index in [2.05, 4.69) is 26.1 Å². The molecule has 1 saturated heterocycles. The van der Waals surface area contributed by atoms with Crippen LogP contribution in [-0.4, -0.2) is 27.3 Å². The third-order valence-electron chi connectivity index (χ3n) is 4.23. The number of amides is 1. The highest BCUT2D eigenvalue weighted by Crippen LogP contribution is 2.34. The van der Waals surface area contributed by atoms with Gasteiger partial charge in [0.2, 0.25) is 0 Å². The first-order chi connectivity index (χ1) is 14.6. The van der Waals surface area contributed by atoms with Gasteiger partial charge in [-0.05, 0) is 59.8 Å².